The fourth-order valence-corrected chi connectivity index (χ4v) is 8.11. The molecule has 0 aliphatic carbocycles. The minimum absolute atomic E-state index is 0.803. The van der Waals surface area contributed by atoms with Crippen molar-refractivity contribution in [2.45, 2.75) is 0 Å². The second-order valence-electron chi connectivity index (χ2n) is 14.0. The lowest BCUT2D eigenvalue weighted by atomic mass is 10.0. The molecule has 0 unspecified atom stereocenters. The Morgan fingerprint density at radius 3 is 1.71 bits per heavy atom. The van der Waals surface area contributed by atoms with Gasteiger partial charge in [0.25, 0.3) is 0 Å². The fourth-order valence-electron chi connectivity index (χ4n) is 8.11. The Balaban J connectivity index is 1.06. The van der Waals surface area contributed by atoms with Crippen molar-refractivity contribution in [3.63, 3.8) is 0 Å². The summed E-state index contributed by atoms with van der Waals surface area (Å²) < 4.78 is 4.70. The number of aromatic nitrogens is 6. The van der Waals surface area contributed by atoms with Crippen LogP contribution in [0.3, 0.4) is 0 Å². The highest BCUT2D eigenvalue weighted by atomic mass is 15.0. The van der Waals surface area contributed by atoms with Crippen LogP contribution in [0.1, 0.15) is 0 Å². The smallest absolute Gasteiger partial charge is 0.0963 e. The molecular weight excluding hydrogens is 685 g/mol. The zero-order chi connectivity index (χ0) is 37.0. The molecule has 5 aromatic carbocycles. The van der Waals surface area contributed by atoms with Crippen LogP contribution in [0.15, 0.2) is 195 Å². The van der Waals surface area contributed by atoms with Gasteiger partial charge in [-0.1, -0.05) is 72.8 Å². The molecule has 0 radical (unpaired) electrons. The monoisotopic (exact) mass is 716 g/mol. The van der Waals surface area contributed by atoms with Gasteiger partial charge in [-0.15, -0.1) is 0 Å². The van der Waals surface area contributed by atoms with E-state index in [0.717, 1.165) is 89.4 Å². The van der Waals surface area contributed by atoms with Gasteiger partial charge in [-0.25, -0.2) is 4.98 Å². The quantitative estimate of drug-likeness (QED) is 0.172. The maximum absolute atomic E-state index is 5.00. The summed E-state index contributed by atoms with van der Waals surface area (Å²) >= 11 is 0. The van der Waals surface area contributed by atoms with E-state index in [2.05, 4.69) is 153 Å². The molecule has 262 valence electrons. The number of para-hydroxylation sites is 2. The molecule has 0 spiro atoms. The number of fused-ring (bicyclic) bond motifs is 6. The average molecular weight is 717 g/mol. The Bertz CT molecular complexity index is 3180. The SMILES string of the molecule is c1ccc(-n2c3cc(-c4ccc5c(c4)c4ccccc4n5-c4cccc(-c5cc(-c6ccccn6)nc(-c6ccccn6)c5)c4)ccc3c3ncccc32)cc1. The van der Waals surface area contributed by atoms with Crippen molar-refractivity contribution >= 4 is 43.7 Å². The molecule has 0 aliphatic heterocycles. The third kappa shape index (κ3) is 5.27. The lowest BCUT2D eigenvalue weighted by Crippen LogP contribution is -1.96. The van der Waals surface area contributed by atoms with Gasteiger partial charge in [-0.3, -0.25) is 15.0 Å². The lowest BCUT2D eigenvalue weighted by Gasteiger charge is -2.13. The van der Waals surface area contributed by atoms with E-state index in [4.69, 9.17) is 9.97 Å². The van der Waals surface area contributed by atoms with Crippen molar-refractivity contribution in [2.24, 2.45) is 0 Å². The highest BCUT2D eigenvalue weighted by Gasteiger charge is 2.17. The molecule has 0 saturated heterocycles. The summed E-state index contributed by atoms with van der Waals surface area (Å²) in [7, 11) is 0. The van der Waals surface area contributed by atoms with Crippen molar-refractivity contribution < 1.29 is 0 Å². The van der Waals surface area contributed by atoms with Crippen LogP contribution in [0.25, 0.3) is 100 Å². The van der Waals surface area contributed by atoms with E-state index in [1.807, 2.05) is 48.7 Å². The number of hydrogen-bond acceptors (Lipinski definition) is 4. The van der Waals surface area contributed by atoms with Crippen molar-refractivity contribution in [3.8, 4) is 56.4 Å². The topological polar surface area (TPSA) is 61.4 Å². The third-order valence-electron chi connectivity index (χ3n) is 10.7. The molecule has 56 heavy (non-hydrogen) atoms. The average Bonchev–Trinajstić information content (AvgIpc) is 3.79. The summed E-state index contributed by atoms with van der Waals surface area (Å²) in [5.41, 5.74) is 15.4. The van der Waals surface area contributed by atoms with Gasteiger partial charge in [0, 0.05) is 46.1 Å². The van der Waals surface area contributed by atoms with Crippen molar-refractivity contribution in [3.05, 3.63) is 195 Å². The van der Waals surface area contributed by atoms with E-state index in [1.165, 1.54) is 10.8 Å². The molecule has 0 bridgehead atoms. The summed E-state index contributed by atoms with van der Waals surface area (Å²) in [4.78, 5) is 19.0. The number of pyridine rings is 4. The molecule has 0 fully saturated rings. The van der Waals surface area contributed by atoms with Crippen molar-refractivity contribution in [1.82, 2.24) is 29.1 Å². The fraction of sp³-hybridized carbons (Fsp3) is 0. The van der Waals surface area contributed by atoms with Gasteiger partial charge < -0.3 is 9.13 Å². The second-order valence-corrected chi connectivity index (χ2v) is 14.0. The Morgan fingerprint density at radius 2 is 0.929 bits per heavy atom. The van der Waals surface area contributed by atoms with Crippen LogP contribution in [0.5, 0.6) is 0 Å². The molecule has 11 rings (SSSR count). The summed E-state index contributed by atoms with van der Waals surface area (Å²) in [5.74, 6) is 0. The van der Waals surface area contributed by atoms with Crippen LogP contribution < -0.4 is 0 Å². The molecule has 0 N–H and O–H groups in total. The maximum Gasteiger partial charge on any atom is 0.0963 e. The van der Waals surface area contributed by atoms with E-state index in [0.29, 0.717) is 0 Å². The molecule has 0 saturated carbocycles. The van der Waals surface area contributed by atoms with Crippen LogP contribution in [0.4, 0.5) is 0 Å². The maximum atomic E-state index is 5.00. The van der Waals surface area contributed by atoms with Crippen LogP contribution in [0.2, 0.25) is 0 Å². The van der Waals surface area contributed by atoms with Crippen LogP contribution in [0, 0.1) is 0 Å². The molecule has 6 heterocycles. The second kappa shape index (κ2) is 13.0. The summed E-state index contributed by atoms with van der Waals surface area (Å²) in [6.45, 7) is 0. The predicted octanol–water partition coefficient (Wildman–Crippen LogP) is 12.1. The summed E-state index contributed by atoms with van der Waals surface area (Å²) in [5, 5.41) is 3.55. The van der Waals surface area contributed by atoms with Crippen LogP contribution in [-0.2, 0) is 0 Å². The van der Waals surface area contributed by atoms with Crippen molar-refractivity contribution in [1.29, 1.82) is 0 Å². The van der Waals surface area contributed by atoms with Crippen LogP contribution in [-0.4, -0.2) is 29.1 Å². The molecule has 6 aromatic heterocycles. The van der Waals surface area contributed by atoms with E-state index < -0.39 is 0 Å². The summed E-state index contributed by atoms with van der Waals surface area (Å²) in [6, 6.07) is 61.8. The predicted molar refractivity (Wildman–Crippen MR) is 228 cm³/mol. The van der Waals surface area contributed by atoms with E-state index in [-0.39, 0.29) is 0 Å². The Labute approximate surface area is 322 Å². The zero-order valence-corrected chi connectivity index (χ0v) is 30.2. The first-order valence-corrected chi connectivity index (χ1v) is 18.7. The third-order valence-corrected chi connectivity index (χ3v) is 10.7. The van der Waals surface area contributed by atoms with Gasteiger partial charge in [0.1, 0.15) is 0 Å². The first-order chi connectivity index (χ1) is 27.8. The molecule has 6 heteroatoms. The Hall–Kier alpha value is -7.70. The molecular formula is C50H32N6. The normalized spacial score (nSPS) is 11.6. The van der Waals surface area contributed by atoms with Gasteiger partial charge in [0.15, 0.2) is 0 Å². The minimum atomic E-state index is 0.803. The van der Waals surface area contributed by atoms with Gasteiger partial charge >= 0.3 is 0 Å². The molecule has 11 aromatic rings. The molecule has 0 aliphatic rings. The number of rotatable bonds is 6. The first kappa shape index (κ1) is 31.8. The highest BCUT2D eigenvalue weighted by molar-refractivity contribution is 6.11. The first-order valence-electron chi connectivity index (χ1n) is 18.7. The van der Waals surface area contributed by atoms with Gasteiger partial charge in [0.2, 0.25) is 0 Å². The molecule has 0 amide bonds. The molecule has 6 nitrogen and oxygen atoms in total. The summed E-state index contributed by atoms with van der Waals surface area (Å²) in [6.07, 6.45) is 5.48. The van der Waals surface area contributed by atoms with E-state index >= 15 is 0 Å². The standard InChI is InChI=1S/C50H32N6/c1-2-13-37(14-3-1)55-48-20-11-27-53-50(48)40-23-21-35(32-49(40)55)34-22-24-47-41(29-34)39-16-4-5-19-46(39)56(47)38-15-10-12-33(28-38)36-30-44(42-17-6-8-25-51-42)54-45(31-36)43-18-7-9-26-52-43/h1-32H. The highest BCUT2D eigenvalue weighted by Crippen LogP contribution is 2.39. The van der Waals surface area contributed by atoms with Crippen molar-refractivity contribution in [2.75, 3.05) is 0 Å². The molecule has 0 atom stereocenters. The zero-order valence-electron chi connectivity index (χ0n) is 30.2. The Kier molecular flexibility index (Phi) is 7.38. The lowest BCUT2D eigenvalue weighted by molar-refractivity contribution is 1.17. The van der Waals surface area contributed by atoms with E-state index in [1.54, 1.807) is 12.4 Å². The largest absolute Gasteiger partial charge is 0.309 e. The number of hydrogen-bond donors (Lipinski definition) is 0. The van der Waals surface area contributed by atoms with Crippen LogP contribution >= 0.6 is 0 Å². The Morgan fingerprint density at radius 1 is 0.304 bits per heavy atom. The number of benzene rings is 5. The van der Waals surface area contributed by atoms with Gasteiger partial charge in [-0.2, -0.15) is 0 Å². The van der Waals surface area contributed by atoms with Gasteiger partial charge in [-0.05, 0) is 125 Å². The van der Waals surface area contributed by atoms with Gasteiger partial charge in [0.05, 0.1) is 50.4 Å². The minimum Gasteiger partial charge on any atom is -0.309 e. The number of nitrogens with zero attached hydrogens (tertiary/aromatic N) is 6. The van der Waals surface area contributed by atoms with E-state index in [9.17, 15) is 0 Å².